The summed E-state index contributed by atoms with van der Waals surface area (Å²) < 4.78 is 0. The second-order valence-electron chi connectivity index (χ2n) is 10.1. The minimum atomic E-state index is -1.27. The molecule has 1 aliphatic rings. The Labute approximate surface area is 239 Å². The number of fused-ring (bicyclic) bond motifs is 1. The molecular formula is C31H35N5O5. The number of nitrogens with zero attached hydrogens (tertiary/aromatic N) is 2. The third-order valence-corrected chi connectivity index (χ3v) is 7.17. The molecule has 10 nitrogen and oxygen atoms in total. The molecule has 1 atom stereocenters. The Morgan fingerprint density at radius 1 is 0.927 bits per heavy atom. The fourth-order valence-electron chi connectivity index (χ4n) is 4.87. The first-order valence-corrected chi connectivity index (χ1v) is 13.6. The van der Waals surface area contributed by atoms with Gasteiger partial charge in [0.15, 0.2) is 0 Å². The lowest BCUT2D eigenvalue weighted by atomic mass is 9.97. The van der Waals surface area contributed by atoms with Gasteiger partial charge in [0.2, 0.25) is 5.91 Å². The number of aryl methyl sites for hydroxylation is 1. The van der Waals surface area contributed by atoms with Crippen molar-refractivity contribution in [3.8, 4) is 0 Å². The van der Waals surface area contributed by atoms with E-state index in [-0.39, 0.29) is 24.8 Å². The second-order valence-corrected chi connectivity index (χ2v) is 10.1. The van der Waals surface area contributed by atoms with Crippen molar-refractivity contribution in [1.29, 1.82) is 0 Å². The summed E-state index contributed by atoms with van der Waals surface area (Å²) in [6.07, 6.45) is 1.75. The number of piperazine rings is 1. The van der Waals surface area contributed by atoms with Crippen LogP contribution >= 0.6 is 0 Å². The van der Waals surface area contributed by atoms with E-state index in [1.807, 2.05) is 67.6 Å². The number of carbonyl (C=O) groups excluding carboxylic acids is 3. The molecule has 214 valence electrons. The highest BCUT2D eigenvalue weighted by molar-refractivity contribution is 5.98. The van der Waals surface area contributed by atoms with Gasteiger partial charge < -0.3 is 20.2 Å². The van der Waals surface area contributed by atoms with Crippen LogP contribution < -0.4 is 21.1 Å². The molecule has 41 heavy (non-hydrogen) atoms. The van der Waals surface area contributed by atoms with Gasteiger partial charge in [-0.05, 0) is 54.4 Å². The predicted octanol–water partition coefficient (Wildman–Crippen LogP) is 2.80. The molecular weight excluding hydrogens is 522 g/mol. The molecule has 3 aromatic carbocycles. The van der Waals surface area contributed by atoms with Crippen LogP contribution in [0.3, 0.4) is 0 Å². The number of hydrogen-bond acceptors (Lipinski definition) is 6. The van der Waals surface area contributed by atoms with Crippen LogP contribution in [-0.4, -0.2) is 66.9 Å². The average molecular weight is 558 g/mol. The maximum absolute atomic E-state index is 13.7. The fourth-order valence-corrected chi connectivity index (χ4v) is 4.87. The molecule has 3 aromatic rings. The zero-order chi connectivity index (χ0) is 29.4. The monoisotopic (exact) mass is 557 g/mol. The van der Waals surface area contributed by atoms with Crippen molar-refractivity contribution in [2.24, 2.45) is 0 Å². The first-order valence-electron chi connectivity index (χ1n) is 13.6. The molecule has 1 heterocycles. The van der Waals surface area contributed by atoms with Crippen LogP contribution in [-0.2, 0) is 20.8 Å². The van der Waals surface area contributed by atoms with E-state index in [4.69, 9.17) is 5.11 Å². The van der Waals surface area contributed by atoms with Gasteiger partial charge in [-0.15, -0.1) is 0 Å². The summed E-state index contributed by atoms with van der Waals surface area (Å²) in [7, 11) is 2.09. The van der Waals surface area contributed by atoms with Crippen molar-refractivity contribution < 1.29 is 24.3 Å². The van der Waals surface area contributed by atoms with Crippen LogP contribution in [0.4, 0.5) is 5.69 Å². The van der Waals surface area contributed by atoms with Gasteiger partial charge >= 0.3 is 5.97 Å². The van der Waals surface area contributed by atoms with Crippen molar-refractivity contribution in [2.75, 3.05) is 38.1 Å². The normalized spacial score (nSPS) is 14.5. The Hall–Kier alpha value is -4.70. The van der Waals surface area contributed by atoms with E-state index in [1.54, 1.807) is 0 Å². The zero-order valence-corrected chi connectivity index (χ0v) is 23.2. The van der Waals surface area contributed by atoms with Gasteiger partial charge in [-0.1, -0.05) is 48.5 Å². The zero-order valence-electron chi connectivity index (χ0n) is 23.2. The molecule has 4 N–H and O–H groups in total. The minimum absolute atomic E-state index is 0.00986. The van der Waals surface area contributed by atoms with E-state index in [2.05, 4.69) is 33.0 Å². The maximum atomic E-state index is 13.7. The van der Waals surface area contributed by atoms with Gasteiger partial charge in [0.05, 0.1) is 6.04 Å². The summed E-state index contributed by atoms with van der Waals surface area (Å²) in [5.41, 5.74) is 7.58. The highest BCUT2D eigenvalue weighted by atomic mass is 16.4. The third-order valence-electron chi connectivity index (χ3n) is 7.17. The average Bonchev–Trinajstić information content (AvgIpc) is 2.97. The van der Waals surface area contributed by atoms with Crippen LogP contribution in [0.15, 0.2) is 72.8 Å². The largest absolute Gasteiger partial charge is 0.478 e. The van der Waals surface area contributed by atoms with Gasteiger partial charge in [0.25, 0.3) is 11.8 Å². The van der Waals surface area contributed by atoms with Crippen LogP contribution in [0, 0.1) is 0 Å². The fraction of sp³-hybridized carbons (Fsp3) is 0.290. The van der Waals surface area contributed by atoms with Gasteiger partial charge in [0.1, 0.15) is 0 Å². The van der Waals surface area contributed by atoms with Gasteiger partial charge in [-0.2, -0.15) is 0 Å². The number of amides is 3. The number of benzene rings is 3. The molecule has 0 bridgehead atoms. The molecule has 0 saturated carbocycles. The standard InChI is InChI=1S/C31H35N5O5/c1-21(25-9-5-7-22-6-3-4-8-26(22)25)32-31(41)27-20-24(36-18-16-35(2)17-19-36)12-10-23(27)11-13-28(37)33-34-29(38)14-15-30(39)40/h3-10,12,14-15,20-21H,11,13,16-19H2,1-2H3,(H,32,41)(H,33,37)(H,34,38)(H,39,40)/b15-14+/t21-/m1/s1. The molecule has 0 aliphatic carbocycles. The number of hydrogen-bond donors (Lipinski definition) is 4. The van der Waals surface area contributed by atoms with E-state index in [1.165, 1.54) is 0 Å². The molecule has 1 aliphatic heterocycles. The van der Waals surface area contributed by atoms with Crippen LogP contribution in [0.1, 0.15) is 40.9 Å². The van der Waals surface area contributed by atoms with Crippen LogP contribution in [0.25, 0.3) is 10.8 Å². The summed E-state index contributed by atoms with van der Waals surface area (Å²) in [5.74, 6) is -2.74. The molecule has 0 radical (unpaired) electrons. The van der Waals surface area contributed by atoms with Crippen molar-refractivity contribution in [3.63, 3.8) is 0 Å². The van der Waals surface area contributed by atoms with E-state index in [9.17, 15) is 19.2 Å². The lowest BCUT2D eigenvalue weighted by molar-refractivity contribution is -0.131. The highest BCUT2D eigenvalue weighted by Gasteiger charge is 2.21. The predicted molar refractivity (Wildman–Crippen MR) is 157 cm³/mol. The number of carboxylic acids is 1. The Balaban J connectivity index is 1.50. The van der Waals surface area contributed by atoms with Crippen LogP contribution in [0.5, 0.6) is 0 Å². The number of carboxylic acid groups (broad SMARTS) is 1. The summed E-state index contributed by atoms with van der Waals surface area (Å²) in [6.45, 7) is 5.51. The SMILES string of the molecule is C[C@@H](NC(=O)c1cc(N2CCN(C)CC2)ccc1CCC(=O)NNC(=O)/C=C/C(=O)O)c1cccc2ccccc12. The summed E-state index contributed by atoms with van der Waals surface area (Å²) in [4.78, 5) is 52.8. The first-order chi connectivity index (χ1) is 19.7. The highest BCUT2D eigenvalue weighted by Crippen LogP contribution is 2.26. The number of aliphatic carboxylic acids is 1. The quantitative estimate of drug-likeness (QED) is 0.235. The van der Waals surface area contributed by atoms with Crippen molar-refractivity contribution in [1.82, 2.24) is 21.1 Å². The number of hydrazine groups is 1. The number of likely N-dealkylation sites (N-methyl/N-ethyl adjacent to an activating group) is 1. The lowest BCUT2D eigenvalue weighted by Crippen LogP contribution is -2.44. The summed E-state index contributed by atoms with van der Waals surface area (Å²) in [6, 6.07) is 19.6. The van der Waals surface area contributed by atoms with E-state index >= 15 is 0 Å². The van der Waals surface area contributed by atoms with Gasteiger partial charge in [0, 0.05) is 56.0 Å². The molecule has 1 saturated heterocycles. The Bertz CT molecular complexity index is 1460. The number of rotatable bonds is 9. The summed E-state index contributed by atoms with van der Waals surface area (Å²) >= 11 is 0. The van der Waals surface area contributed by atoms with Crippen molar-refractivity contribution in [3.05, 3.63) is 89.5 Å². The topological polar surface area (TPSA) is 131 Å². The molecule has 1 fully saturated rings. The molecule has 10 heteroatoms. The Morgan fingerprint density at radius 2 is 1.66 bits per heavy atom. The number of carbonyl (C=O) groups is 4. The molecule has 4 rings (SSSR count). The maximum Gasteiger partial charge on any atom is 0.328 e. The van der Waals surface area contributed by atoms with E-state index in [0.29, 0.717) is 17.2 Å². The van der Waals surface area contributed by atoms with Crippen LogP contribution in [0.2, 0.25) is 0 Å². The smallest absolute Gasteiger partial charge is 0.328 e. The molecule has 0 unspecified atom stereocenters. The second kappa shape index (κ2) is 13.6. The van der Waals surface area contributed by atoms with E-state index < -0.39 is 17.8 Å². The molecule has 0 aromatic heterocycles. The summed E-state index contributed by atoms with van der Waals surface area (Å²) in [5, 5.41) is 13.9. The first kappa shape index (κ1) is 29.3. The third kappa shape index (κ3) is 7.92. The number of anilines is 1. The van der Waals surface area contributed by atoms with Gasteiger partial charge in [-0.3, -0.25) is 25.2 Å². The molecule has 3 amide bonds. The van der Waals surface area contributed by atoms with E-state index in [0.717, 1.165) is 54.3 Å². The Kier molecular flexibility index (Phi) is 9.70. The van der Waals surface area contributed by atoms with Crippen molar-refractivity contribution in [2.45, 2.75) is 25.8 Å². The molecule has 0 spiro atoms. The minimum Gasteiger partial charge on any atom is -0.478 e. The Morgan fingerprint density at radius 3 is 2.41 bits per heavy atom. The van der Waals surface area contributed by atoms with Gasteiger partial charge in [-0.25, -0.2) is 4.79 Å². The number of nitrogens with one attached hydrogen (secondary N) is 3. The lowest BCUT2D eigenvalue weighted by Gasteiger charge is -2.34. The van der Waals surface area contributed by atoms with Crippen molar-refractivity contribution >= 4 is 40.2 Å².